The van der Waals surface area contributed by atoms with Crippen molar-refractivity contribution in [3.63, 3.8) is 0 Å². The van der Waals surface area contributed by atoms with E-state index in [-0.39, 0.29) is 47.4 Å². The minimum Gasteiger partial charge on any atom is -0.469 e. The highest BCUT2D eigenvalue weighted by Crippen LogP contribution is 2.26. The van der Waals surface area contributed by atoms with Crippen LogP contribution in [-0.4, -0.2) is 76.5 Å². The third-order valence-electron chi connectivity index (χ3n) is 5.03. The second kappa shape index (κ2) is 9.76. The first kappa shape index (κ1) is 21.4. The Bertz CT molecular complexity index is 441. The highest BCUT2D eigenvalue weighted by Gasteiger charge is 2.38. The number of carbonyl (C=O) groups excluding carboxylic acids is 1. The van der Waals surface area contributed by atoms with Gasteiger partial charge in [0.1, 0.15) is 0 Å². The summed E-state index contributed by atoms with van der Waals surface area (Å²) in [6.45, 7) is 5.63. The summed E-state index contributed by atoms with van der Waals surface area (Å²) in [6, 6.07) is 0. The highest BCUT2D eigenvalue weighted by atomic mass is 127. The van der Waals surface area contributed by atoms with E-state index in [9.17, 15) is 4.79 Å². The van der Waals surface area contributed by atoms with Gasteiger partial charge in [-0.25, -0.2) is 0 Å². The number of nitrogens with one attached hydrogen (secondary N) is 1. The molecule has 0 aromatic carbocycles. The third-order valence-corrected chi connectivity index (χ3v) is 5.03. The van der Waals surface area contributed by atoms with E-state index in [1.54, 1.807) is 14.2 Å². The molecule has 0 bridgehead atoms. The van der Waals surface area contributed by atoms with Crippen LogP contribution < -0.4 is 5.32 Å². The SMILES string of the molecule is CN=C(NCC1(OC)CCOCC1)N1CC(C)C(C(=O)OC)C1.I. The molecule has 2 aliphatic rings. The number of methoxy groups -OCH3 is 2. The van der Waals surface area contributed by atoms with Gasteiger partial charge in [0.15, 0.2) is 5.96 Å². The van der Waals surface area contributed by atoms with Gasteiger partial charge in [-0.15, -0.1) is 24.0 Å². The average molecular weight is 455 g/mol. The summed E-state index contributed by atoms with van der Waals surface area (Å²) < 4.78 is 16.1. The minimum absolute atomic E-state index is 0. The molecule has 2 aliphatic heterocycles. The van der Waals surface area contributed by atoms with Crippen molar-refractivity contribution in [1.82, 2.24) is 10.2 Å². The highest BCUT2D eigenvalue weighted by molar-refractivity contribution is 14.0. The van der Waals surface area contributed by atoms with Crippen LogP contribution >= 0.6 is 24.0 Å². The van der Waals surface area contributed by atoms with Crippen LogP contribution in [0.5, 0.6) is 0 Å². The van der Waals surface area contributed by atoms with E-state index < -0.39 is 0 Å². The molecule has 2 unspecified atom stereocenters. The number of guanidine groups is 1. The normalized spacial score (nSPS) is 26.7. The number of carbonyl (C=O) groups is 1. The van der Waals surface area contributed by atoms with Crippen LogP contribution in [0.1, 0.15) is 19.8 Å². The first-order valence-electron chi connectivity index (χ1n) is 8.21. The molecule has 2 atom stereocenters. The van der Waals surface area contributed by atoms with Gasteiger partial charge >= 0.3 is 5.97 Å². The summed E-state index contributed by atoms with van der Waals surface area (Å²) in [5.74, 6) is 0.817. The lowest BCUT2D eigenvalue weighted by molar-refractivity contribution is -0.146. The van der Waals surface area contributed by atoms with E-state index in [0.717, 1.165) is 38.6 Å². The van der Waals surface area contributed by atoms with Crippen LogP contribution in [0.2, 0.25) is 0 Å². The van der Waals surface area contributed by atoms with Crippen LogP contribution in [0.3, 0.4) is 0 Å². The summed E-state index contributed by atoms with van der Waals surface area (Å²) in [6.07, 6.45) is 1.74. The Balaban J connectivity index is 0.00000288. The van der Waals surface area contributed by atoms with E-state index in [1.807, 2.05) is 0 Å². The smallest absolute Gasteiger partial charge is 0.310 e. The largest absolute Gasteiger partial charge is 0.469 e. The van der Waals surface area contributed by atoms with E-state index in [1.165, 1.54) is 7.11 Å². The predicted molar refractivity (Wildman–Crippen MR) is 103 cm³/mol. The van der Waals surface area contributed by atoms with Gasteiger partial charge in [-0.2, -0.15) is 0 Å². The Hall–Kier alpha value is -0.610. The van der Waals surface area contributed by atoms with Gasteiger partial charge in [0.05, 0.1) is 18.6 Å². The molecule has 2 heterocycles. The number of esters is 1. The Kier molecular flexibility index (Phi) is 8.72. The lowest BCUT2D eigenvalue weighted by Gasteiger charge is -2.37. The molecule has 0 saturated carbocycles. The topological polar surface area (TPSA) is 72.4 Å². The minimum atomic E-state index is -0.207. The van der Waals surface area contributed by atoms with Crippen molar-refractivity contribution in [3.05, 3.63) is 0 Å². The van der Waals surface area contributed by atoms with Crippen LogP contribution in [0, 0.1) is 11.8 Å². The maximum Gasteiger partial charge on any atom is 0.310 e. The fourth-order valence-electron chi connectivity index (χ4n) is 3.37. The quantitative estimate of drug-likeness (QED) is 0.297. The Morgan fingerprint density at radius 1 is 1.33 bits per heavy atom. The van der Waals surface area contributed by atoms with Gasteiger partial charge in [0.25, 0.3) is 0 Å². The van der Waals surface area contributed by atoms with Gasteiger partial charge in [0, 0.05) is 59.8 Å². The summed E-state index contributed by atoms with van der Waals surface area (Å²) in [5.41, 5.74) is -0.207. The molecule has 0 spiro atoms. The third kappa shape index (κ3) is 4.95. The fourth-order valence-corrected chi connectivity index (χ4v) is 3.37. The molecule has 0 amide bonds. The number of nitrogens with zero attached hydrogens (tertiary/aromatic N) is 2. The molecule has 0 radical (unpaired) electrons. The van der Waals surface area contributed by atoms with Crippen molar-refractivity contribution in [2.45, 2.75) is 25.4 Å². The van der Waals surface area contributed by atoms with Crippen molar-refractivity contribution in [2.24, 2.45) is 16.8 Å². The molecule has 0 aromatic heterocycles. The number of likely N-dealkylation sites (tertiary alicyclic amines) is 1. The number of halogens is 1. The summed E-state index contributed by atoms with van der Waals surface area (Å²) in [4.78, 5) is 18.3. The van der Waals surface area contributed by atoms with Crippen molar-refractivity contribution >= 4 is 35.9 Å². The summed E-state index contributed by atoms with van der Waals surface area (Å²) >= 11 is 0. The lowest BCUT2D eigenvalue weighted by Crippen LogP contribution is -2.51. The van der Waals surface area contributed by atoms with E-state index in [4.69, 9.17) is 14.2 Å². The van der Waals surface area contributed by atoms with Crippen molar-refractivity contribution < 1.29 is 19.0 Å². The Morgan fingerprint density at radius 3 is 2.54 bits per heavy atom. The van der Waals surface area contributed by atoms with E-state index >= 15 is 0 Å². The number of hydrogen-bond donors (Lipinski definition) is 1. The van der Waals surface area contributed by atoms with Crippen LogP contribution in [0.15, 0.2) is 4.99 Å². The second-order valence-electron chi connectivity index (χ2n) is 6.41. The molecule has 0 aromatic rings. The van der Waals surface area contributed by atoms with Crippen LogP contribution in [-0.2, 0) is 19.0 Å². The van der Waals surface area contributed by atoms with Gasteiger partial charge in [-0.3, -0.25) is 9.79 Å². The molecule has 2 rings (SSSR count). The molecule has 2 fully saturated rings. The number of hydrogen-bond acceptors (Lipinski definition) is 5. The molecule has 0 aliphatic carbocycles. The van der Waals surface area contributed by atoms with Crippen molar-refractivity contribution in [1.29, 1.82) is 0 Å². The van der Waals surface area contributed by atoms with E-state index in [2.05, 4.69) is 22.1 Å². The molecule has 7 nitrogen and oxygen atoms in total. The molecular formula is C16H30IN3O4. The molecule has 140 valence electrons. The fraction of sp³-hybridized carbons (Fsp3) is 0.875. The molecular weight excluding hydrogens is 425 g/mol. The standard InChI is InChI=1S/C16H29N3O4.HI/c1-12-9-19(10-13(12)14(20)21-3)15(17-2)18-11-16(22-4)5-7-23-8-6-16;/h12-13H,5-11H2,1-4H3,(H,17,18);1H. The zero-order chi connectivity index (χ0) is 16.9. The van der Waals surface area contributed by atoms with E-state index in [0.29, 0.717) is 13.1 Å². The first-order valence-corrected chi connectivity index (χ1v) is 8.21. The number of aliphatic imine (C=N–C) groups is 1. The molecule has 1 N–H and O–H groups in total. The molecule has 8 heteroatoms. The second-order valence-corrected chi connectivity index (χ2v) is 6.41. The molecule has 2 saturated heterocycles. The predicted octanol–water partition coefficient (Wildman–Crippen LogP) is 1.12. The zero-order valence-corrected chi connectivity index (χ0v) is 17.4. The lowest BCUT2D eigenvalue weighted by atomic mass is 9.94. The van der Waals surface area contributed by atoms with Crippen molar-refractivity contribution in [3.8, 4) is 0 Å². The Labute approximate surface area is 161 Å². The van der Waals surface area contributed by atoms with Gasteiger partial charge in [0.2, 0.25) is 0 Å². The van der Waals surface area contributed by atoms with Crippen molar-refractivity contribution in [2.75, 3.05) is 54.1 Å². The maximum absolute atomic E-state index is 11.8. The monoisotopic (exact) mass is 455 g/mol. The summed E-state index contributed by atoms with van der Waals surface area (Å²) in [5, 5.41) is 3.41. The molecule has 24 heavy (non-hydrogen) atoms. The number of rotatable bonds is 4. The zero-order valence-electron chi connectivity index (χ0n) is 15.0. The van der Waals surface area contributed by atoms with Crippen LogP contribution in [0.25, 0.3) is 0 Å². The average Bonchev–Trinajstić information content (AvgIpc) is 2.97. The first-order chi connectivity index (χ1) is 11.0. The maximum atomic E-state index is 11.8. The number of ether oxygens (including phenoxy) is 3. The Morgan fingerprint density at radius 2 is 2.00 bits per heavy atom. The summed E-state index contributed by atoms with van der Waals surface area (Å²) in [7, 11) is 4.96. The van der Waals surface area contributed by atoms with Gasteiger partial charge in [-0.1, -0.05) is 6.92 Å². The van der Waals surface area contributed by atoms with Gasteiger partial charge in [-0.05, 0) is 5.92 Å². The van der Waals surface area contributed by atoms with Gasteiger partial charge < -0.3 is 24.4 Å². The van der Waals surface area contributed by atoms with Crippen LogP contribution in [0.4, 0.5) is 0 Å².